The smallest absolute Gasteiger partial charge is 0.319 e. The number of halogens is 4. The number of alkyl halides is 3. The van der Waals surface area contributed by atoms with E-state index in [9.17, 15) is 17.6 Å². The van der Waals surface area contributed by atoms with Crippen LogP contribution in [0.5, 0.6) is 0 Å². The van der Waals surface area contributed by atoms with Crippen LogP contribution in [-0.2, 0) is 6.18 Å². The third-order valence-electron chi connectivity index (χ3n) is 2.21. The van der Waals surface area contributed by atoms with Crippen LogP contribution in [0.3, 0.4) is 0 Å². The maximum absolute atomic E-state index is 13.4. The molecule has 0 aliphatic carbocycles. The highest BCUT2D eigenvalue weighted by Crippen LogP contribution is 2.35. The molecule has 3 nitrogen and oxygen atoms in total. The number of nitrogens with two attached hydrogens (primary N) is 1. The Balaban J connectivity index is 2.33. The van der Waals surface area contributed by atoms with Crippen molar-refractivity contribution in [1.29, 1.82) is 0 Å². The van der Waals surface area contributed by atoms with E-state index in [-0.39, 0.29) is 10.4 Å². The first-order valence-corrected chi connectivity index (χ1v) is 5.59. The van der Waals surface area contributed by atoms with E-state index in [2.05, 4.69) is 9.97 Å². The van der Waals surface area contributed by atoms with Gasteiger partial charge in [0.1, 0.15) is 5.82 Å². The molecule has 18 heavy (non-hydrogen) atoms. The highest BCUT2D eigenvalue weighted by atomic mass is 32.1. The van der Waals surface area contributed by atoms with Crippen molar-refractivity contribution < 1.29 is 17.6 Å². The molecule has 1 unspecified atom stereocenters. The molecule has 2 aromatic rings. The third-order valence-corrected chi connectivity index (χ3v) is 3.34. The normalized spacial score (nSPS) is 13.6. The molecule has 2 heterocycles. The van der Waals surface area contributed by atoms with E-state index in [0.717, 1.165) is 12.4 Å². The van der Waals surface area contributed by atoms with Crippen molar-refractivity contribution in [2.75, 3.05) is 0 Å². The summed E-state index contributed by atoms with van der Waals surface area (Å²) in [5.41, 5.74) is 5.79. The molecule has 0 fully saturated rings. The second-order valence-electron chi connectivity index (χ2n) is 3.44. The lowest BCUT2D eigenvalue weighted by molar-refractivity contribution is -0.137. The van der Waals surface area contributed by atoms with Gasteiger partial charge in [-0.25, -0.2) is 9.37 Å². The molecular weight excluding hydrogens is 270 g/mol. The van der Waals surface area contributed by atoms with Crippen molar-refractivity contribution in [1.82, 2.24) is 9.97 Å². The fraction of sp³-hybridized carbons (Fsp3) is 0.200. The Bertz CT molecular complexity index is 552. The van der Waals surface area contributed by atoms with Crippen LogP contribution in [-0.4, -0.2) is 9.97 Å². The van der Waals surface area contributed by atoms with Gasteiger partial charge in [0.15, 0.2) is 5.01 Å². The van der Waals surface area contributed by atoms with Gasteiger partial charge >= 0.3 is 6.18 Å². The lowest BCUT2D eigenvalue weighted by atomic mass is 10.1. The first-order valence-electron chi connectivity index (χ1n) is 4.77. The Labute approximate surface area is 103 Å². The first-order chi connectivity index (χ1) is 8.39. The minimum absolute atomic E-state index is 0.0855. The third kappa shape index (κ3) is 2.49. The number of aromatic nitrogens is 2. The predicted octanol–water partition coefficient (Wildman–Crippen LogP) is 2.74. The molecule has 2 rings (SSSR count). The van der Waals surface area contributed by atoms with Gasteiger partial charge in [-0.2, -0.15) is 13.2 Å². The Morgan fingerprint density at radius 3 is 2.56 bits per heavy atom. The molecule has 2 aromatic heterocycles. The van der Waals surface area contributed by atoms with Crippen molar-refractivity contribution in [2.45, 2.75) is 12.2 Å². The van der Waals surface area contributed by atoms with Gasteiger partial charge in [-0.15, -0.1) is 11.3 Å². The van der Waals surface area contributed by atoms with Crippen molar-refractivity contribution in [3.63, 3.8) is 0 Å². The molecule has 0 bridgehead atoms. The average molecular weight is 277 g/mol. The number of hydrogen-bond donors (Lipinski definition) is 1. The van der Waals surface area contributed by atoms with Gasteiger partial charge in [-0.05, 0) is 6.07 Å². The summed E-state index contributed by atoms with van der Waals surface area (Å²) in [4.78, 5) is 6.93. The molecule has 2 N–H and O–H groups in total. The zero-order valence-corrected chi connectivity index (χ0v) is 9.60. The summed E-state index contributed by atoms with van der Waals surface area (Å²) in [7, 11) is 0. The highest BCUT2D eigenvalue weighted by Gasteiger charge is 2.35. The van der Waals surface area contributed by atoms with Crippen LogP contribution in [0.4, 0.5) is 17.6 Å². The fourth-order valence-corrected chi connectivity index (χ4v) is 2.16. The SMILES string of the molecule is NC(c1cnc(C(F)(F)F)s1)c1ccncc1F. The van der Waals surface area contributed by atoms with E-state index in [1.54, 1.807) is 0 Å². The van der Waals surface area contributed by atoms with Crippen molar-refractivity contribution >= 4 is 11.3 Å². The molecule has 8 heteroatoms. The van der Waals surface area contributed by atoms with Crippen LogP contribution in [0.25, 0.3) is 0 Å². The Kier molecular flexibility index (Phi) is 3.31. The molecule has 0 aliphatic heterocycles. The number of thiazole rings is 1. The van der Waals surface area contributed by atoms with Crippen LogP contribution < -0.4 is 5.73 Å². The van der Waals surface area contributed by atoms with Gasteiger partial charge in [0, 0.05) is 22.8 Å². The van der Waals surface area contributed by atoms with Crippen LogP contribution >= 0.6 is 11.3 Å². The van der Waals surface area contributed by atoms with Crippen molar-refractivity contribution in [2.24, 2.45) is 5.73 Å². The van der Waals surface area contributed by atoms with Crippen molar-refractivity contribution in [3.8, 4) is 0 Å². The molecule has 0 aromatic carbocycles. The molecule has 0 aliphatic rings. The molecule has 96 valence electrons. The van der Waals surface area contributed by atoms with E-state index in [0.29, 0.717) is 11.3 Å². The standard InChI is InChI=1S/C10H7F4N3S/c11-6-3-16-2-1-5(6)8(15)7-4-17-9(18-7)10(12,13)14/h1-4,8H,15H2. The summed E-state index contributed by atoms with van der Waals surface area (Å²) >= 11 is 0.403. The van der Waals surface area contributed by atoms with E-state index >= 15 is 0 Å². The topological polar surface area (TPSA) is 51.8 Å². The summed E-state index contributed by atoms with van der Waals surface area (Å²) in [5, 5.41) is -0.998. The van der Waals surface area contributed by atoms with E-state index in [1.165, 1.54) is 12.3 Å². The molecule has 1 atom stereocenters. The molecule has 0 radical (unpaired) electrons. The largest absolute Gasteiger partial charge is 0.443 e. The minimum Gasteiger partial charge on any atom is -0.319 e. The second-order valence-corrected chi connectivity index (χ2v) is 4.50. The second kappa shape index (κ2) is 4.62. The minimum atomic E-state index is -4.51. The zero-order valence-electron chi connectivity index (χ0n) is 8.78. The Morgan fingerprint density at radius 2 is 2.00 bits per heavy atom. The maximum atomic E-state index is 13.4. The molecule has 0 saturated carbocycles. The molecule has 0 spiro atoms. The van der Waals surface area contributed by atoms with Gasteiger partial charge < -0.3 is 5.73 Å². The maximum Gasteiger partial charge on any atom is 0.443 e. The average Bonchev–Trinajstić information content (AvgIpc) is 2.77. The Hall–Kier alpha value is -1.54. The predicted molar refractivity (Wildman–Crippen MR) is 57.3 cm³/mol. The van der Waals surface area contributed by atoms with E-state index in [4.69, 9.17) is 5.73 Å². The summed E-state index contributed by atoms with van der Waals surface area (Å²) < 4.78 is 50.5. The fourth-order valence-electron chi connectivity index (χ4n) is 1.35. The van der Waals surface area contributed by atoms with Gasteiger partial charge in [-0.1, -0.05) is 0 Å². The Morgan fingerprint density at radius 1 is 1.28 bits per heavy atom. The van der Waals surface area contributed by atoms with Gasteiger partial charge in [0.05, 0.1) is 12.2 Å². The number of nitrogens with zero attached hydrogens (tertiary/aromatic N) is 2. The van der Waals surface area contributed by atoms with Gasteiger partial charge in [-0.3, -0.25) is 4.98 Å². The first kappa shape index (κ1) is 12.9. The summed E-state index contributed by atoms with van der Waals surface area (Å²) in [6.45, 7) is 0. The van der Waals surface area contributed by atoms with Gasteiger partial charge in [0.25, 0.3) is 0 Å². The summed E-state index contributed by atoms with van der Waals surface area (Å²) in [6, 6.07) is 0.342. The number of pyridine rings is 1. The zero-order chi connectivity index (χ0) is 13.3. The molecule has 0 saturated heterocycles. The number of rotatable bonds is 2. The molecule has 0 amide bonds. The summed E-state index contributed by atoms with van der Waals surface area (Å²) in [5.74, 6) is -0.660. The monoisotopic (exact) mass is 277 g/mol. The van der Waals surface area contributed by atoms with Crippen LogP contribution in [0.1, 0.15) is 21.5 Å². The van der Waals surface area contributed by atoms with Crippen molar-refractivity contribution in [3.05, 3.63) is 45.9 Å². The lowest BCUT2D eigenvalue weighted by Gasteiger charge is -2.09. The molecular formula is C10H7F4N3S. The summed E-state index contributed by atoms with van der Waals surface area (Å²) in [6.07, 6.45) is -1.22. The highest BCUT2D eigenvalue weighted by molar-refractivity contribution is 7.11. The lowest BCUT2D eigenvalue weighted by Crippen LogP contribution is -2.12. The van der Waals surface area contributed by atoms with E-state index < -0.39 is 23.0 Å². The van der Waals surface area contributed by atoms with Crippen LogP contribution in [0.2, 0.25) is 0 Å². The quantitative estimate of drug-likeness (QED) is 0.859. The number of hydrogen-bond acceptors (Lipinski definition) is 4. The van der Waals surface area contributed by atoms with Crippen LogP contribution in [0.15, 0.2) is 24.7 Å². The van der Waals surface area contributed by atoms with Gasteiger partial charge in [0.2, 0.25) is 0 Å². The van der Waals surface area contributed by atoms with Crippen LogP contribution in [0, 0.1) is 5.82 Å². The van der Waals surface area contributed by atoms with E-state index in [1.807, 2.05) is 0 Å².